The van der Waals surface area contributed by atoms with Gasteiger partial charge in [0.15, 0.2) is 11.2 Å². The summed E-state index contributed by atoms with van der Waals surface area (Å²) >= 11 is 0. The Labute approximate surface area is 319 Å². The Hall–Kier alpha value is -5.08. The van der Waals surface area contributed by atoms with Gasteiger partial charge >= 0.3 is 18.8 Å². The monoisotopic (exact) mass is 776 g/mol. The van der Waals surface area contributed by atoms with Gasteiger partial charge < -0.3 is 18.7 Å². The molecular formula is C42H41F5N4O5. The average Bonchev–Trinajstić information content (AvgIpc) is 3.95. The van der Waals surface area contributed by atoms with Crippen LogP contribution in [0.1, 0.15) is 72.7 Å². The molecule has 9 nitrogen and oxygen atoms in total. The van der Waals surface area contributed by atoms with Crippen LogP contribution in [0.2, 0.25) is 0 Å². The van der Waals surface area contributed by atoms with E-state index in [0.717, 1.165) is 42.3 Å². The van der Waals surface area contributed by atoms with Gasteiger partial charge in [-0.1, -0.05) is 56.3 Å². The largest absolute Gasteiger partial charge is 0.480 e. The van der Waals surface area contributed by atoms with E-state index in [1.165, 1.54) is 12.1 Å². The van der Waals surface area contributed by atoms with Gasteiger partial charge in [0.05, 0.1) is 0 Å². The molecule has 3 unspecified atom stereocenters. The van der Waals surface area contributed by atoms with Crippen LogP contribution in [0.15, 0.2) is 75.6 Å². The number of nitrogens with zero attached hydrogens (tertiary/aromatic N) is 4. The van der Waals surface area contributed by atoms with E-state index in [0.29, 0.717) is 37.4 Å². The van der Waals surface area contributed by atoms with Crippen LogP contribution in [0.3, 0.4) is 0 Å². The van der Waals surface area contributed by atoms with Gasteiger partial charge in [0.25, 0.3) is 0 Å². The molecule has 4 atom stereocenters. The zero-order chi connectivity index (χ0) is 39.5. The van der Waals surface area contributed by atoms with E-state index < -0.39 is 47.3 Å². The highest BCUT2D eigenvalue weighted by molar-refractivity contribution is 5.81. The molecule has 0 spiro atoms. The number of carboxylic acids is 1. The van der Waals surface area contributed by atoms with E-state index in [1.54, 1.807) is 23.1 Å². The summed E-state index contributed by atoms with van der Waals surface area (Å²) in [4.78, 5) is 25.4. The van der Waals surface area contributed by atoms with Crippen molar-refractivity contribution in [1.29, 1.82) is 0 Å². The summed E-state index contributed by atoms with van der Waals surface area (Å²) in [6.07, 6.45) is 2.70. The first kappa shape index (κ1) is 37.8. The second-order valence-electron chi connectivity index (χ2n) is 15.3. The topological polar surface area (TPSA) is 105 Å². The summed E-state index contributed by atoms with van der Waals surface area (Å²) in [5, 5.41) is 9.77. The summed E-state index contributed by atoms with van der Waals surface area (Å²) < 4.78 is 89.6. The molecule has 8 rings (SSSR count). The summed E-state index contributed by atoms with van der Waals surface area (Å²) in [7, 11) is 0. The smallest absolute Gasteiger partial charge is 0.420 e. The summed E-state index contributed by atoms with van der Waals surface area (Å²) in [5.41, 5.74) is 0.936. The molecule has 2 saturated heterocycles. The lowest BCUT2D eigenvalue weighted by Crippen LogP contribution is -2.36. The number of carbonyl (C=O) groups is 1. The Kier molecular flexibility index (Phi) is 9.76. The molecular weight excluding hydrogens is 735 g/mol. The summed E-state index contributed by atoms with van der Waals surface area (Å²) in [5.74, 6) is -1.40. The normalized spacial score (nSPS) is 23.5. The molecule has 56 heavy (non-hydrogen) atoms. The second kappa shape index (κ2) is 14.5. The summed E-state index contributed by atoms with van der Waals surface area (Å²) in [6.45, 7) is 5.14. The lowest BCUT2D eigenvalue weighted by Gasteiger charge is -2.35. The van der Waals surface area contributed by atoms with E-state index in [2.05, 4.69) is 11.8 Å². The summed E-state index contributed by atoms with van der Waals surface area (Å²) in [6, 6.07) is 12.5. The molecule has 0 radical (unpaired) electrons. The van der Waals surface area contributed by atoms with Gasteiger partial charge in [0.2, 0.25) is 11.8 Å². The standard InChI is InChI=1S/C42H41F5N4O5/c1-23-12-15-50(20-23)21-26-16-30(42(45,46)47)36-32(17-26)49-39(56-36)41(13-6-10-29(25(41)3)28-9-5-4-8-24(28)2)38-48-31-18-27(22-51-14-7-11-33(51)37(52)53)34(55-40(43)44)19-35(31)54-38/h4-6,8-10,13,16-19,23,25,33,40H,7,11-12,14-15,20-22H2,1-3H3,(H,52,53)/t23?,25?,33-,41?/m0/s1. The van der Waals surface area contributed by atoms with Gasteiger partial charge in [-0.3, -0.25) is 14.6 Å². The maximum Gasteiger partial charge on any atom is 0.420 e. The maximum absolute atomic E-state index is 14.8. The van der Waals surface area contributed by atoms with Gasteiger partial charge in [0, 0.05) is 37.2 Å². The number of aryl methyl sites for hydroxylation is 1. The van der Waals surface area contributed by atoms with E-state index in [-0.39, 0.29) is 46.3 Å². The number of fused-ring (bicyclic) bond motifs is 2. The molecule has 2 fully saturated rings. The molecule has 3 aromatic carbocycles. The minimum atomic E-state index is -4.75. The van der Waals surface area contributed by atoms with Gasteiger partial charge in [-0.2, -0.15) is 22.0 Å². The number of allylic oxidation sites excluding steroid dienone is 4. The van der Waals surface area contributed by atoms with Crippen molar-refractivity contribution in [2.45, 2.75) is 77.4 Å². The number of aromatic nitrogens is 2. The number of hydrogen-bond donors (Lipinski definition) is 1. The number of rotatable bonds is 10. The second-order valence-corrected chi connectivity index (χ2v) is 15.3. The zero-order valence-corrected chi connectivity index (χ0v) is 31.1. The Morgan fingerprint density at radius 3 is 2.50 bits per heavy atom. The number of halogens is 5. The van der Waals surface area contributed by atoms with Crippen molar-refractivity contribution < 1.29 is 45.4 Å². The SMILES string of the molecule is Cc1ccccc1C1=CC=CC(c2nc3cc(CN4CCC[C@H]4C(=O)O)c(OC(F)F)cc3o2)(c2nc3cc(CN4CCC(C)C4)cc(C(F)(F)F)c3o2)C1C. The van der Waals surface area contributed by atoms with Gasteiger partial charge in [0.1, 0.15) is 33.8 Å². The number of benzene rings is 3. The van der Waals surface area contributed by atoms with E-state index >= 15 is 0 Å². The quantitative estimate of drug-likeness (QED) is 0.139. The van der Waals surface area contributed by atoms with Crippen molar-refractivity contribution in [3.63, 3.8) is 0 Å². The first-order valence-corrected chi connectivity index (χ1v) is 18.8. The molecule has 1 N–H and O–H groups in total. The van der Waals surface area contributed by atoms with Crippen LogP contribution in [-0.4, -0.2) is 63.1 Å². The predicted octanol–water partition coefficient (Wildman–Crippen LogP) is 9.36. The highest BCUT2D eigenvalue weighted by Crippen LogP contribution is 2.51. The van der Waals surface area contributed by atoms with Crippen LogP contribution in [0.5, 0.6) is 5.75 Å². The molecule has 2 aliphatic heterocycles. The Morgan fingerprint density at radius 1 is 1.02 bits per heavy atom. The molecule has 4 heterocycles. The Bertz CT molecular complexity index is 2370. The fraction of sp³-hybridized carbons (Fsp3) is 0.405. The van der Waals surface area contributed by atoms with Crippen LogP contribution < -0.4 is 4.74 Å². The molecule has 3 aliphatic rings. The zero-order valence-electron chi connectivity index (χ0n) is 31.1. The number of hydrogen-bond acceptors (Lipinski definition) is 8. The Balaban J connectivity index is 1.30. The van der Waals surface area contributed by atoms with Crippen molar-refractivity contribution in [3.8, 4) is 5.75 Å². The van der Waals surface area contributed by atoms with Crippen molar-refractivity contribution >= 4 is 33.7 Å². The van der Waals surface area contributed by atoms with E-state index in [4.69, 9.17) is 23.5 Å². The number of alkyl halides is 5. The van der Waals surface area contributed by atoms with Crippen molar-refractivity contribution in [2.24, 2.45) is 11.8 Å². The third-order valence-corrected chi connectivity index (χ3v) is 11.5. The van der Waals surface area contributed by atoms with Crippen molar-refractivity contribution in [3.05, 3.63) is 106 Å². The third kappa shape index (κ3) is 6.87. The fourth-order valence-corrected chi connectivity index (χ4v) is 8.68. The first-order chi connectivity index (χ1) is 26.7. The third-order valence-electron chi connectivity index (χ3n) is 11.5. The van der Waals surface area contributed by atoms with Crippen LogP contribution in [0.4, 0.5) is 22.0 Å². The van der Waals surface area contributed by atoms with Gasteiger partial charge in [-0.15, -0.1) is 0 Å². The van der Waals surface area contributed by atoms with Gasteiger partial charge in [-0.25, -0.2) is 9.97 Å². The number of likely N-dealkylation sites (tertiary alicyclic amines) is 2. The number of ether oxygens (including phenoxy) is 1. The molecule has 1 aliphatic carbocycles. The first-order valence-electron chi connectivity index (χ1n) is 18.8. The minimum absolute atomic E-state index is 0.00277. The van der Waals surface area contributed by atoms with Crippen LogP contribution in [0.25, 0.3) is 27.8 Å². The van der Waals surface area contributed by atoms with Crippen LogP contribution in [0, 0.1) is 18.8 Å². The molecule has 0 saturated carbocycles. The highest BCUT2D eigenvalue weighted by Gasteiger charge is 2.50. The molecule has 294 valence electrons. The van der Waals surface area contributed by atoms with Crippen molar-refractivity contribution in [1.82, 2.24) is 19.8 Å². The predicted molar refractivity (Wildman–Crippen MR) is 198 cm³/mol. The number of aliphatic carboxylic acids is 1. The molecule has 2 aromatic heterocycles. The van der Waals surface area contributed by atoms with E-state index in [9.17, 15) is 31.9 Å². The maximum atomic E-state index is 14.8. The number of carboxylic acid groups (broad SMARTS) is 1. The van der Waals surface area contributed by atoms with Crippen LogP contribution >= 0.6 is 0 Å². The number of oxazole rings is 2. The Morgan fingerprint density at radius 2 is 1.79 bits per heavy atom. The van der Waals surface area contributed by atoms with Crippen LogP contribution in [-0.2, 0) is 29.5 Å². The lowest BCUT2D eigenvalue weighted by molar-refractivity contribution is -0.142. The highest BCUT2D eigenvalue weighted by atomic mass is 19.4. The molecule has 0 bridgehead atoms. The fourth-order valence-electron chi connectivity index (χ4n) is 8.68. The molecule has 5 aromatic rings. The molecule has 0 amide bonds. The average molecular weight is 777 g/mol. The van der Waals surface area contributed by atoms with Gasteiger partial charge in [-0.05, 0) is 85.7 Å². The minimum Gasteiger partial charge on any atom is -0.480 e. The van der Waals surface area contributed by atoms with E-state index in [1.807, 2.05) is 44.2 Å². The molecule has 14 heteroatoms. The lowest BCUT2D eigenvalue weighted by atomic mass is 9.67. The van der Waals surface area contributed by atoms with Crippen molar-refractivity contribution in [2.75, 3.05) is 19.6 Å².